The zero-order valence-corrected chi connectivity index (χ0v) is 9.25. The van der Waals surface area contributed by atoms with Crippen LogP contribution in [0.3, 0.4) is 0 Å². The molecule has 0 atom stereocenters. The maximum Gasteiger partial charge on any atom is 0.256 e. The van der Waals surface area contributed by atoms with E-state index in [0.29, 0.717) is 5.56 Å². The molecular formula is C11H14FNO3. The third kappa shape index (κ3) is 3.01. The first-order valence-corrected chi connectivity index (χ1v) is 4.74. The highest BCUT2D eigenvalue weighted by Gasteiger charge is 2.13. The number of rotatable bonds is 5. The van der Waals surface area contributed by atoms with Crippen molar-refractivity contribution >= 4 is 5.91 Å². The second-order valence-corrected chi connectivity index (χ2v) is 3.15. The van der Waals surface area contributed by atoms with Gasteiger partial charge in [0.25, 0.3) is 5.91 Å². The van der Waals surface area contributed by atoms with Crippen LogP contribution in [0, 0.1) is 5.82 Å². The maximum atomic E-state index is 13.8. The molecule has 1 amide bonds. The number of ether oxygens (including phenoxy) is 2. The van der Waals surface area contributed by atoms with Gasteiger partial charge in [0.1, 0.15) is 12.5 Å². The zero-order chi connectivity index (χ0) is 12.0. The third-order valence-corrected chi connectivity index (χ3v) is 2.00. The van der Waals surface area contributed by atoms with Crippen LogP contribution in [0.2, 0.25) is 0 Å². The first-order valence-electron chi connectivity index (χ1n) is 4.74. The molecule has 0 unspecified atom stereocenters. The number of hydrogen-bond acceptors (Lipinski definition) is 3. The Bertz CT molecular complexity index is 368. The second kappa shape index (κ2) is 6.19. The van der Waals surface area contributed by atoms with Crippen molar-refractivity contribution in [3.63, 3.8) is 0 Å². The van der Waals surface area contributed by atoms with Crippen molar-refractivity contribution in [2.75, 3.05) is 21.0 Å². The molecule has 16 heavy (non-hydrogen) atoms. The van der Waals surface area contributed by atoms with E-state index in [1.807, 2.05) is 0 Å². The Labute approximate surface area is 93.4 Å². The lowest BCUT2D eigenvalue weighted by Gasteiger charge is -2.08. The molecule has 0 aliphatic heterocycles. The summed E-state index contributed by atoms with van der Waals surface area (Å²) in [6.45, 7) is 0.185. The molecule has 1 aromatic rings. The molecule has 5 heteroatoms. The molecule has 0 fully saturated rings. The topological polar surface area (TPSA) is 47.6 Å². The fourth-order valence-electron chi connectivity index (χ4n) is 1.26. The van der Waals surface area contributed by atoms with Gasteiger partial charge in [0.15, 0.2) is 0 Å². The molecule has 0 aliphatic carbocycles. The van der Waals surface area contributed by atoms with Crippen molar-refractivity contribution < 1.29 is 18.7 Å². The summed E-state index contributed by atoms with van der Waals surface area (Å²) in [6.07, 6.45) is 0. The smallest absolute Gasteiger partial charge is 0.256 e. The summed E-state index contributed by atoms with van der Waals surface area (Å²) >= 11 is 0. The lowest BCUT2D eigenvalue weighted by Crippen LogP contribution is -2.26. The Balaban J connectivity index is 2.87. The van der Waals surface area contributed by atoms with Gasteiger partial charge in [-0.05, 0) is 6.07 Å². The Kier molecular flexibility index (Phi) is 4.88. The predicted octanol–water partition coefficient (Wildman–Crippen LogP) is 1.31. The monoisotopic (exact) mass is 227 g/mol. The molecule has 88 valence electrons. The summed E-state index contributed by atoms with van der Waals surface area (Å²) in [5.74, 6) is -1.06. The SMILES string of the molecule is COCNC(=O)c1cccc(COC)c1F. The lowest BCUT2D eigenvalue weighted by molar-refractivity contribution is 0.0867. The van der Waals surface area contributed by atoms with Gasteiger partial charge in [0.2, 0.25) is 0 Å². The van der Waals surface area contributed by atoms with Gasteiger partial charge in [0, 0.05) is 19.8 Å². The number of carbonyl (C=O) groups excluding carboxylic acids is 1. The molecule has 4 nitrogen and oxygen atoms in total. The summed E-state index contributed by atoms with van der Waals surface area (Å²) < 4.78 is 23.3. The normalized spacial score (nSPS) is 10.2. The second-order valence-electron chi connectivity index (χ2n) is 3.15. The number of methoxy groups -OCH3 is 2. The number of nitrogens with one attached hydrogen (secondary N) is 1. The van der Waals surface area contributed by atoms with E-state index in [0.717, 1.165) is 0 Å². The van der Waals surface area contributed by atoms with Gasteiger partial charge in [-0.1, -0.05) is 12.1 Å². The summed E-state index contributed by atoms with van der Waals surface area (Å²) in [4.78, 5) is 11.5. The number of carbonyl (C=O) groups is 1. The van der Waals surface area contributed by atoms with E-state index in [9.17, 15) is 9.18 Å². The van der Waals surface area contributed by atoms with Gasteiger partial charge < -0.3 is 14.8 Å². The molecule has 0 radical (unpaired) electrons. The van der Waals surface area contributed by atoms with Gasteiger partial charge in [0.05, 0.1) is 12.2 Å². The predicted molar refractivity (Wildman–Crippen MR) is 56.5 cm³/mol. The Morgan fingerprint density at radius 1 is 1.38 bits per heavy atom. The molecule has 1 N–H and O–H groups in total. The van der Waals surface area contributed by atoms with E-state index in [1.165, 1.54) is 20.3 Å². The van der Waals surface area contributed by atoms with Gasteiger partial charge in [-0.25, -0.2) is 4.39 Å². The average Bonchev–Trinajstić information content (AvgIpc) is 2.29. The summed E-state index contributed by atoms with van der Waals surface area (Å²) in [5.41, 5.74) is 0.346. The van der Waals surface area contributed by atoms with Crippen molar-refractivity contribution in [2.24, 2.45) is 0 Å². The van der Waals surface area contributed by atoms with Crippen LogP contribution in [0.4, 0.5) is 4.39 Å². The van der Waals surface area contributed by atoms with Gasteiger partial charge in [-0.2, -0.15) is 0 Å². The van der Waals surface area contributed by atoms with Gasteiger partial charge in [-0.3, -0.25) is 4.79 Å². The number of hydrogen-bond donors (Lipinski definition) is 1. The largest absolute Gasteiger partial charge is 0.380 e. The van der Waals surface area contributed by atoms with Crippen molar-refractivity contribution in [1.82, 2.24) is 5.32 Å². The Morgan fingerprint density at radius 2 is 2.12 bits per heavy atom. The minimum Gasteiger partial charge on any atom is -0.380 e. The highest BCUT2D eigenvalue weighted by atomic mass is 19.1. The highest BCUT2D eigenvalue weighted by molar-refractivity contribution is 5.94. The zero-order valence-electron chi connectivity index (χ0n) is 9.25. The fourth-order valence-corrected chi connectivity index (χ4v) is 1.26. The van der Waals surface area contributed by atoms with E-state index < -0.39 is 11.7 Å². The molecule has 0 spiro atoms. The first-order chi connectivity index (χ1) is 7.70. The maximum absolute atomic E-state index is 13.8. The standard InChI is InChI=1S/C11H14FNO3/c1-15-6-8-4-3-5-9(10(8)12)11(14)13-7-16-2/h3-5H,6-7H2,1-2H3,(H,13,14). The van der Waals surface area contributed by atoms with Crippen LogP contribution >= 0.6 is 0 Å². The quantitative estimate of drug-likeness (QED) is 0.771. The molecular weight excluding hydrogens is 213 g/mol. The van der Waals surface area contributed by atoms with Gasteiger partial charge >= 0.3 is 0 Å². The van der Waals surface area contributed by atoms with Crippen LogP contribution in [0.1, 0.15) is 15.9 Å². The van der Waals surface area contributed by atoms with Crippen LogP contribution in [0.5, 0.6) is 0 Å². The minimum absolute atomic E-state index is 0.00778. The van der Waals surface area contributed by atoms with E-state index in [4.69, 9.17) is 4.74 Å². The molecule has 0 aromatic heterocycles. The van der Waals surface area contributed by atoms with Crippen LogP contribution in [-0.2, 0) is 16.1 Å². The van der Waals surface area contributed by atoms with Gasteiger partial charge in [-0.15, -0.1) is 0 Å². The number of halogens is 1. The van der Waals surface area contributed by atoms with Crippen LogP contribution in [0.25, 0.3) is 0 Å². The highest BCUT2D eigenvalue weighted by Crippen LogP contribution is 2.13. The molecule has 1 aromatic carbocycles. The molecule has 0 heterocycles. The lowest BCUT2D eigenvalue weighted by atomic mass is 10.1. The van der Waals surface area contributed by atoms with E-state index in [2.05, 4.69) is 10.1 Å². The fraction of sp³-hybridized carbons (Fsp3) is 0.364. The Morgan fingerprint density at radius 3 is 2.75 bits per heavy atom. The van der Waals surface area contributed by atoms with Crippen molar-refractivity contribution in [2.45, 2.75) is 6.61 Å². The average molecular weight is 227 g/mol. The van der Waals surface area contributed by atoms with Crippen molar-refractivity contribution in [3.8, 4) is 0 Å². The molecule has 0 saturated carbocycles. The third-order valence-electron chi connectivity index (χ3n) is 2.00. The first kappa shape index (κ1) is 12.6. The summed E-state index contributed by atoms with van der Waals surface area (Å²) in [7, 11) is 2.91. The van der Waals surface area contributed by atoms with Crippen molar-refractivity contribution in [1.29, 1.82) is 0 Å². The summed E-state index contributed by atoms with van der Waals surface area (Å²) in [5, 5.41) is 2.42. The molecule has 1 rings (SSSR count). The molecule has 0 bridgehead atoms. The summed E-state index contributed by atoms with van der Waals surface area (Å²) in [6, 6.07) is 4.60. The molecule has 0 saturated heterocycles. The minimum atomic E-state index is -0.557. The van der Waals surface area contributed by atoms with Crippen molar-refractivity contribution in [3.05, 3.63) is 35.1 Å². The number of benzene rings is 1. The Hall–Kier alpha value is -1.46. The molecule has 0 aliphatic rings. The van der Waals surface area contributed by atoms with E-state index in [1.54, 1.807) is 12.1 Å². The van der Waals surface area contributed by atoms with E-state index >= 15 is 0 Å². The van der Waals surface area contributed by atoms with Crippen LogP contribution in [-0.4, -0.2) is 26.9 Å². The van der Waals surface area contributed by atoms with Crippen LogP contribution < -0.4 is 5.32 Å². The number of amides is 1. The van der Waals surface area contributed by atoms with Crippen LogP contribution in [0.15, 0.2) is 18.2 Å². The van der Waals surface area contributed by atoms with E-state index in [-0.39, 0.29) is 18.9 Å².